The van der Waals surface area contributed by atoms with E-state index in [2.05, 4.69) is 43.0 Å². The average molecular weight is 431 g/mol. The molecule has 172 valence electrons. The van der Waals surface area contributed by atoms with Gasteiger partial charge in [-0.3, -0.25) is 9.48 Å². The minimum atomic E-state index is -0.0745. The van der Waals surface area contributed by atoms with Crippen LogP contribution in [-0.4, -0.2) is 53.9 Å². The van der Waals surface area contributed by atoms with Crippen molar-refractivity contribution in [2.24, 2.45) is 5.92 Å². The molecule has 1 N–H and O–H groups in total. The van der Waals surface area contributed by atoms with Gasteiger partial charge in [-0.25, -0.2) is 0 Å². The van der Waals surface area contributed by atoms with Crippen LogP contribution >= 0.6 is 0 Å². The molecule has 0 bridgehead atoms. The van der Waals surface area contributed by atoms with Crippen LogP contribution in [-0.2, 0) is 17.8 Å². The molecule has 7 nitrogen and oxygen atoms in total. The van der Waals surface area contributed by atoms with Crippen molar-refractivity contribution in [2.75, 3.05) is 38.7 Å². The second-order valence-electron chi connectivity index (χ2n) is 8.19. The number of likely N-dealkylation sites (N-methyl/N-ethyl adjacent to an activating group) is 1. The summed E-state index contributed by atoms with van der Waals surface area (Å²) in [5, 5.41) is 7.59. The molecule has 1 aromatic carbocycles. The van der Waals surface area contributed by atoms with E-state index in [1.54, 1.807) is 7.11 Å². The van der Waals surface area contributed by atoms with Crippen molar-refractivity contribution in [2.45, 2.75) is 54.5 Å². The maximum absolute atomic E-state index is 12.7. The summed E-state index contributed by atoms with van der Waals surface area (Å²) in [7, 11) is 1.62. The number of aromatic nitrogens is 2. The van der Waals surface area contributed by atoms with Gasteiger partial charge >= 0.3 is 0 Å². The van der Waals surface area contributed by atoms with Gasteiger partial charge in [-0.15, -0.1) is 0 Å². The number of nitrogens with one attached hydrogen (secondary N) is 1. The lowest BCUT2D eigenvalue weighted by atomic mass is 10.1. The molecule has 0 atom stereocenters. The van der Waals surface area contributed by atoms with Gasteiger partial charge in [-0.05, 0) is 45.0 Å². The summed E-state index contributed by atoms with van der Waals surface area (Å²) in [6.07, 6.45) is 0.292. The highest BCUT2D eigenvalue weighted by Crippen LogP contribution is 2.30. The lowest BCUT2D eigenvalue weighted by Crippen LogP contribution is -2.28. The Morgan fingerprint density at radius 1 is 1.19 bits per heavy atom. The summed E-state index contributed by atoms with van der Waals surface area (Å²) in [5.41, 5.74) is 3.64. The Morgan fingerprint density at radius 3 is 2.52 bits per heavy atom. The number of benzene rings is 1. The van der Waals surface area contributed by atoms with E-state index in [1.807, 2.05) is 36.7 Å². The molecule has 0 aliphatic carbocycles. The predicted molar refractivity (Wildman–Crippen MR) is 125 cm³/mol. The van der Waals surface area contributed by atoms with Gasteiger partial charge in [-0.2, -0.15) is 5.10 Å². The molecule has 1 aromatic heterocycles. The summed E-state index contributed by atoms with van der Waals surface area (Å²) in [6, 6.07) is 5.47. The first-order valence-electron chi connectivity index (χ1n) is 11.1. The summed E-state index contributed by atoms with van der Waals surface area (Å²) < 4.78 is 13.4. The van der Waals surface area contributed by atoms with Gasteiger partial charge in [0, 0.05) is 36.1 Å². The second-order valence-corrected chi connectivity index (χ2v) is 8.19. The zero-order chi connectivity index (χ0) is 23.0. The van der Waals surface area contributed by atoms with E-state index in [1.165, 1.54) is 0 Å². The van der Waals surface area contributed by atoms with Crippen LogP contribution in [0, 0.1) is 19.8 Å². The molecule has 0 aliphatic heterocycles. The Bertz CT molecular complexity index is 857. The van der Waals surface area contributed by atoms with E-state index in [4.69, 9.17) is 9.47 Å². The molecule has 0 saturated heterocycles. The van der Waals surface area contributed by atoms with Crippen molar-refractivity contribution in [1.82, 2.24) is 14.7 Å². The van der Waals surface area contributed by atoms with Crippen molar-refractivity contribution in [3.8, 4) is 11.5 Å². The SMILES string of the molecule is CCN(CC)CCOc1cc(NC(=O)Cc2c(C)nn(CC(C)C)c2C)ccc1OC. The standard InChI is InChI=1S/C24H38N4O3/c1-8-27(9-2)12-13-31-23-14-20(10-11-22(23)30-7)25-24(29)15-21-18(5)26-28(19(21)6)16-17(3)4/h10-11,14,17H,8-9,12-13,15-16H2,1-7H3,(H,25,29). The third kappa shape index (κ3) is 6.99. The molecular weight excluding hydrogens is 392 g/mol. The van der Waals surface area contributed by atoms with E-state index in [0.717, 1.165) is 43.1 Å². The van der Waals surface area contributed by atoms with Gasteiger partial charge < -0.3 is 19.7 Å². The van der Waals surface area contributed by atoms with Crippen LogP contribution in [0.15, 0.2) is 18.2 Å². The van der Waals surface area contributed by atoms with Crippen LogP contribution in [0.5, 0.6) is 11.5 Å². The predicted octanol–water partition coefficient (Wildman–Crippen LogP) is 4.07. The molecule has 0 radical (unpaired) electrons. The molecule has 2 aromatic rings. The van der Waals surface area contributed by atoms with Crippen LogP contribution in [0.25, 0.3) is 0 Å². The minimum absolute atomic E-state index is 0.0745. The Kier molecular flexibility index (Phi) is 9.37. The van der Waals surface area contributed by atoms with Crippen LogP contribution in [0.1, 0.15) is 44.6 Å². The van der Waals surface area contributed by atoms with E-state index in [0.29, 0.717) is 36.1 Å². The molecule has 0 fully saturated rings. The van der Waals surface area contributed by atoms with Crippen LogP contribution in [0.3, 0.4) is 0 Å². The Labute approximate surface area is 186 Å². The Morgan fingerprint density at radius 2 is 1.90 bits per heavy atom. The molecule has 0 saturated carbocycles. The number of methoxy groups -OCH3 is 1. The summed E-state index contributed by atoms with van der Waals surface area (Å²) in [4.78, 5) is 15.0. The topological polar surface area (TPSA) is 68.6 Å². The maximum atomic E-state index is 12.7. The first kappa shape index (κ1) is 24.7. The quantitative estimate of drug-likeness (QED) is 0.550. The van der Waals surface area contributed by atoms with Gasteiger partial charge in [0.2, 0.25) is 5.91 Å². The average Bonchev–Trinajstić information content (AvgIpc) is 2.98. The van der Waals surface area contributed by atoms with Gasteiger partial charge in [0.05, 0.1) is 19.2 Å². The van der Waals surface area contributed by atoms with E-state index < -0.39 is 0 Å². The second kappa shape index (κ2) is 11.7. The smallest absolute Gasteiger partial charge is 0.228 e. The summed E-state index contributed by atoms with van der Waals surface area (Å²) in [5.74, 6) is 1.71. The zero-order valence-electron chi connectivity index (χ0n) is 20.1. The molecule has 0 spiro atoms. The summed E-state index contributed by atoms with van der Waals surface area (Å²) >= 11 is 0. The molecule has 2 rings (SSSR count). The van der Waals surface area contributed by atoms with Crippen molar-refractivity contribution in [3.05, 3.63) is 35.2 Å². The highest BCUT2D eigenvalue weighted by molar-refractivity contribution is 5.92. The molecular formula is C24H38N4O3. The van der Waals surface area contributed by atoms with Gasteiger partial charge in [0.15, 0.2) is 11.5 Å². The molecule has 31 heavy (non-hydrogen) atoms. The van der Waals surface area contributed by atoms with Crippen LogP contribution < -0.4 is 14.8 Å². The molecule has 1 heterocycles. The molecule has 0 unspecified atom stereocenters. The van der Waals surface area contributed by atoms with Crippen LogP contribution in [0.2, 0.25) is 0 Å². The molecule has 7 heteroatoms. The lowest BCUT2D eigenvalue weighted by Gasteiger charge is -2.19. The minimum Gasteiger partial charge on any atom is -0.493 e. The number of aryl methyl sites for hydroxylation is 1. The number of hydrogen-bond acceptors (Lipinski definition) is 5. The van der Waals surface area contributed by atoms with Gasteiger partial charge in [0.1, 0.15) is 6.61 Å². The zero-order valence-corrected chi connectivity index (χ0v) is 20.1. The highest BCUT2D eigenvalue weighted by Gasteiger charge is 2.16. The molecule has 1 amide bonds. The van der Waals surface area contributed by atoms with Gasteiger partial charge in [-0.1, -0.05) is 27.7 Å². The number of nitrogens with zero attached hydrogens (tertiary/aromatic N) is 3. The number of rotatable bonds is 12. The van der Waals surface area contributed by atoms with Crippen molar-refractivity contribution in [3.63, 3.8) is 0 Å². The van der Waals surface area contributed by atoms with Gasteiger partial charge in [0.25, 0.3) is 0 Å². The van der Waals surface area contributed by atoms with Crippen LogP contribution in [0.4, 0.5) is 5.69 Å². The highest BCUT2D eigenvalue weighted by atomic mass is 16.5. The maximum Gasteiger partial charge on any atom is 0.228 e. The third-order valence-electron chi connectivity index (χ3n) is 5.41. The number of ether oxygens (including phenoxy) is 2. The van der Waals surface area contributed by atoms with E-state index in [9.17, 15) is 4.79 Å². The number of amides is 1. The first-order valence-corrected chi connectivity index (χ1v) is 11.1. The number of hydrogen-bond donors (Lipinski definition) is 1. The largest absolute Gasteiger partial charge is 0.493 e. The van der Waals surface area contributed by atoms with E-state index in [-0.39, 0.29) is 5.91 Å². The fourth-order valence-electron chi connectivity index (χ4n) is 3.57. The Hall–Kier alpha value is -2.54. The monoisotopic (exact) mass is 430 g/mol. The number of carbonyl (C=O) groups excluding carboxylic acids is 1. The number of anilines is 1. The van der Waals surface area contributed by atoms with Crippen molar-refractivity contribution < 1.29 is 14.3 Å². The first-order chi connectivity index (χ1) is 14.8. The van der Waals surface area contributed by atoms with Crippen molar-refractivity contribution >= 4 is 11.6 Å². The molecule has 0 aliphatic rings. The summed E-state index contributed by atoms with van der Waals surface area (Å²) in [6.45, 7) is 16.8. The fraction of sp³-hybridized carbons (Fsp3) is 0.583. The fourth-order valence-corrected chi connectivity index (χ4v) is 3.57. The third-order valence-corrected chi connectivity index (χ3v) is 5.41. The number of carbonyl (C=O) groups is 1. The van der Waals surface area contributed by atoms with E-state index >= 15 is 0 Å². The normalized spacial score (nSPS) is 11.3. The lowest BCUT2D eigenvalue weighted by molar-refractivity contribution is -0.115. The Balaban J connectivity index is 2.05. The van der Waals surface area contributed by atoms with Crippen molar-refractivity contribution in [1.29, 1.82) is 0 Å².